The number of hydrogen-bond acceptors (Lipinski definition) is 9. The second-order valence-corrected chi connectivity index (χ2v) is 11.7. The Morgan fingerprint density at radius 3 is 2.34 bits per heavy atom. The summed E-state index contributed by atoms with van der Waals surface area (Å²) in [5.74, 6) is -1.58. The van der Waals surface area contributed by atoms with Crippen molar-refractivity contribution in [3.05, 3.63) is 87.3 Å². The van der Waals surface area contributed by atoms with Crippen LogP contribution in [-0.2, 0) is 19.1 Å². The summed E-state index contributed by atoms with van der Waals surface area (Å²) in [4.78, 5) is 64.3. The third-order valence-corrected chi connectivity index (χ3v) is 7.87. The number of amides is 4. The van der Waals surface area contributed by atoms with Crippen molar-refractivity contribution >= 4 is 69.7 Å². The van der Waals surface area contributed by atoms with Crippen LogP contribution in [0.2, 0.25) is 5.02 Å². The Balaban J connectivity index is 1.38. The van der Waals surface area contributed by atoms with Gasteiger partial charge in [-0.1, -0.05) is 48.7 Å². The zero-order chi connectivity index (χ0) is 33.9. The minimum atomic E-state index is -0.646. The second-order valence-electron chi connectivity index (χ2n) is 10.3. The van der Waals surface area contributed by atoms with Crippen molar-refractivity contribution in [1.29, 1.82) is 0 Å². The van der Waals surface area contributed by atoms with E-state index in [-0.39, 0.29) is 40.3 Å². The number of rotatable bonds is 14. The smallest absolute Gasteiger partial charge is 0.339 e. The topological polar surface area (TPSA) is 140 Å². The molecule has 0 aromatic heterocycles. The molecule has 47 heavy (non-hydrogen) atoms. The number of anilines is 2. The summed E-state index contributed by atoms with van der Waals surface area (Å²) in [6, 6.07) is 16.6. The molecular weight excluding hydrogens is 646 g/mol. The number of imide groups is 1. The van der Waals surface area contributed by atoms with E-state index in [4.69, 9.17) is 25.8 Å². The van der Waals surface area contributed by atoms with E-state index in [1.807, 2.05) is 26.0 Å². The van der Waals surface area contributed by atoms with Crippen LogP contribution in [0.5, 0.6) is 11.5 Å². The number of ether oxygens (including phenoxy) is 3. The molecule has 0 unspecified atom stereocenters. The van der Waals surface area contributed by atoms with Crippen molar-refractivity contribution in [3.8, 4) is 11.5 Å². The Morgan fingerprint density at radius 2 is 1.62 bits per heavy atom. The molecule has 0 aliphatic carbocycles. The first-order valence-electron chi connectivity index (χ1n) is 14.9. The van der Waals surface area contributed by atoms with E-state index in [0.29, 0.717) is 47.5 Å². The average Bonchev–Trinajstić information content (AvgIpc) is 3.30. The van der Waals surface area contributed by atoms with Crippen molar-refractivity contribution in [1.82, 2.24) is 4.90 Å². The molecule has 11 nitrogen and oxygen atoms in total. The van der Waals surface area contributed by atoms with Gasteiger partial charge in [-0.3, -0.25) is 24.1 Å². The zero-order valence-corrected chi connectivity index (χ0v) is 27.7. The number of thioether (sulfide) groups is 1. The highest BCUT2D eigenvalue weighted by Gasteiger charge is 2.36. The van der Waals surface area contributed by atoms with Gasteiger partial charge < -0.3 is 24.8 Å². The first kappa shape index (κ1) is 35.1. The quantitative estimate of drug-likeness (QED) is 0.108. The predicted molar refractivity (Wildman–Crippen MR) is 181 cm³/mol. The third-order valence-electron chi connectivity index (χ3n) is 6.64. The highest BCUT2D eigenvalue weighted by atomic mass is 35.5. The predicted octanol–water partition coefficient (Wildman–Crippen LogP) is 6.70. The van der Waals surface area contributed by atoms with Gasteiger partial charge in [0.25, 0.3) is 17.1 Å². The number of nitrogens with one attached hydrogen (secondary N) is 2. The lowest BCUT2D eigenvalue weighted by atomic mass is 10.2. The molecule has 0 radical (unpaired) electrons. The van der Waals surface area contributed by atoms with Crippen LogP contribution in [0.1, 0.15) is 48.2 Å². The molecule has 1 aliphatic heterocycles. The summed E-state index contributed by atoms with van der Waals surface area (Å²) in [5.41, 5.74) is 2.60. The third kappa shape index (κ3) is 9.84. The van der Waals surface area contributed by atoms with Gasteiger partial charge in [-0.05, 0) is 86.1 Å². The maximum atomic E-state index is 13.1. The van der Waals surface area contributed by atoms with Gasteiger partial charge in [-0.2, -0.15) is 0 Å². The molecule has 3 aromatic rings. The molecule has 4 amide bonds. The molecule has 1 aliphatic rings. The Hall–Kier alpha value is -4.81. The number of nitrogens with zero attached hydrogens (tertiary/aromatic N) is 1. The van der Waals surface area contributed by atoms with Gasteiger partial charge in [-0.15, -0.1) is 0 Å². The van der Waals surface area contributed by atoms with Crippen LogP contribution < -0.4 is 20.1 Å². The fourth-order valence-electron chi connectivity index (χ4n) is 4.26. The van der Waals surface area contributed by atoms with E-state index in [0.717, 1.165) is 16.9 Å². The summed E-state index contributed by atoms with van der Waals surface area (Å²) < 4.78 is 16.6. The SMILES string of the molecule is CCCCOC(=O)c1cc(NC(=O)CN2C(=O)S/C(=C\c3ccc(OCC(=O)Nc4ccc(C)cc4)c(OCC)c3)C2=O)ccc1Cl. The van der Waals surface area contributed by atoms with Gasteiger partial charge in [-0.25, -0.2) is 4.79 Å². The minimum Gasteiger partial charge on any atom is -0.490 e. The van der Waals surface area contributed by atoms with Gasteiger partial charge in [0, 0.05) is 11.4 Å². The van der Waals surface area contributed by atoms with Gasteiger partial charge >= 0.3 is 5.97 Å². The van der Waals surface area contributed by atoms with Crippen LogP contribution >= 0.6 is 23.4 Å². The van der Waals surface area contributed by atoms with Crippen molar-refractivity contribution in [2.24, 2.45) is 0 Å². The van der Waals surface area contributed by atoms with Gasteiger partial charge in [0.05, 0.1) is 28.7 Å². The summed E-state index contributed by atoms with van der Waals surface area (Å²) in [7, 11) is 0. The number of esters is 1. The first-order chi connectivity index (χ1) is 22.6. The summed E-state index contributed by atoms with van der Waals surface area (Å²) in [5, 5.41) is 4.90. The van der Waals surface area contributed by atoms with E-state index >= 15 is 0 Å². The maximum Gasteiger partial charge on any atom is 0.339 e. The van der Waals surface area contributed by atoms with Crippen molar-refractivity contribution < 1.29 is 38.2 Å². The molecule has 1 fully saturated rings. The molecule has 0 spiro atoms. The van der Waals surface area contributed by atoms with E-state index in [1.54, 1.807) is 37.3 Å². The molecule has 4 rings (SSSR count). The van der Waals surface area contributed by atoms with E-state index in [9.17, 15) is 24.0 Å². The molecule has 0 bridgehead atoms. The molecule has 1 heterocycles. The molecule has 3 aromatic carbocycles. The van der Waals surface area contributed by atoms with E-state index < -0.39 is 29.6 Å². The van der Waals surface area contributed by atoms with E-state index in [2.05, 4.69) is 10.6 Å². The number of unbranched alkanes of at least 4 members (excludes halogenated alkanes) is 1. The summed E-state index contributed by atoms with van der Waals surface area (Å²) >= 11 is 6.84. The Bertz CT molecular complexity index is 1690. The molecular formula is C34H34ClN3O8S. The standard InChI is InChI=1S/C34H34ClN3O8S/c1-4-6-15-45-33(42)25-18-24(12-13-26(25)35)37-30(39)19-38-32(41)29(47-34(38)43)17-22-9-14-27(28(16-22)44-5-2)46-20-31(40)36-23-10-7-21(3)8-11-23/h7-14,16-18H,4-6,15,19-20H2,1-3H3,(H,36,40)(H,37,39)/b29-17-. The fourth-order valence-corrected chi connectivity index (χ4v) is 5.29. The monoisotopic (exact) mass is 679 g/mol. The zero-order valence-electron chi connectivity index (χ0n) is 26.1. The Kier molecular flexibility index (Phi) is 12.4. The first-order valence-corrected chi connectivity index (χ1v) is 16.1. The Labute approximate surface area is 281 Å². The molecule has 246 valence electrons. The fraction of sp³-hybridized carbons (Fsp3) is 0.265. The van der Waals surface area contributed by atoms with Crippen LogP contribution in [-0.4, -0.2) is 60.2 Å². The van der Waals surface area contributed by atoms with Crippen LogP contribution in [0.4, 0.5) is 16.2 Å². The lowest BCUT2D eigenvalue weighted by molar-refractivity contribution is -0.127. The molecule has 1 saturated heterocycles. The molecule has 13 heteroatoms. The van der Waals surface area contributed by atoms with Crippen LogP contribution in [0.15, 0.2) is 65.6 Å². The highest BCUT2D eigenvalue weighted by Crippen LogP contribution is 2.35. The number of hydrogen-bond donors (Lipinski definition) is 2. The maximum absolute atomic E-state index is 13.1. The van der Waals surface area contributed by atoms with Gasteiger partial charge in [0.15, 0.2) is 18.1 Å². The molecule has 2 N–H and O–H groups in total. The highest BCUT2D eigenvalue weighted by molar-refractivity contribution is 8.18. The molecule has 0 saturated carbocycles. The van der Waals surface area contributed by atoms with Crippen molar-refractivity contribution in [2.75, 3.05) is 37.0 Å². The average molecular weight is 680 g/mol. The lowest BCUT2D eigenvalue weighted by Gasteiger charge is -2.14. The normalized spacial score (nSPS) is 13.4. The number of benzene rings is 3. The van der Waals surface area contributed by atoms with E-state index in [1.165, 1.54) is 24.3 Å². The van der Waals surface area contributed by atoms with Crippen LogP contribution in [0, 0.1) is 6.92 Å². The second kappa shape index (κ2) is 16.7. The number of carbonyl (C=O) groups excluding carboxylic acids is 5. The van der Waals surface area contributed by atoms with Crippen molar-refractivity contribution in [2.45, 2.75) is 33.6 Å². The van der Waals surface area contributed by atoms with Gasteiger partial charge in [0.2, 0.25) is 5.91 Å². The summed E-state index contributed by atoms with van der Waals surface area (Å²) in [6.45, 7) is 5.48. The van der Waals surface area contributed by atoms with Crippen LogP contribution in [0.3, 0.4) is 0 Å². The largest absolute Gasteiger partial charge is 0.490 e. The number of aryl methyl sites for hydroxylation is 1. The van der Waals surface area contributed by atoms with Crippen LogP contribution in [0.25, 0.3) is 6.08 Å². The summed E-state index contributed by atoms with van der Waals surface area (Å²) in [6.07, 6.45) is 3.07. The lowest BCUT2D eigenvalue weighted by Crippen LogP contribution is -2.36. The molecule has 0 atom stereocenters. The number of carbonyl (C=O) groups is 5. The van der Waals surface area contributed by atoms with Crippen molar-refractivity contribution in [3.63, 3.8) is 0 Å². The van der Waals surface area contributed by atoms with Gasteiger partial charge in [0.1, 0.15) is 6.54 Å². The minimum absolute atomic E-state index is 0.0861. The number of halogens is 1. The Morgan fingerprint density at radius 1 is 0.894 bits per heavy atom.